The van der Waals surface area contributed by atoms with Gasteiger partial charge in [0.1, 0.15) is 11.6 Å². The third-order valence-corrected chi connectivity index (χ3v) is 4.09. The van der Waals surface area contributed by atoms with E-state index >= 15 is 0 Å². The van der Waals surface area contributed by atoms with Gasteiger partial charge in [0.25, 0.3) is 5.91 Å². The van der Waals surface area contributed by atoms with Crippen LogP contribution in [0.1, 0.15) is 27.2 Å². The zero-order valence-corrected chi connectivity index (χ0v) is 15.4. The van der Waals surface area contributed by atoms with E-state index in [-0.39, 0.29) is 11.6 Å². The van der Waals surface area contributed by atoms with Crippen molar-refractivity contribution in [2.75, 3.05) is 12.4 Å². The second-order valence-corrected chi connectivity index (χ2v) is 6.14. The summed E-state index contributed by atoms with van der Waals surface area (Å²) in [5.74, 6) is 1.08. The van der Waals surface area contributed by atoms with Crippen LogP contribution in [0.3, 0.4) is 0 Å². The first-order chi connectivity index (χ1) is 13.2. The predicted molar refractivity (Wildman–Crippen MR) is 105 cm³/mol. The molecular formula is C21H22N4O2. The highest BCUT2D eigenvalue weighted by Gasteiger charge is 2.09. The lowest BCUT2D eigenvalue weighted by Gasteiger charge is -2.09. The average Bonchev–Trinajstić information content (AvgIpc) is 2.71. The first kappa shape index (κ1) is 18.4. The number of hydrogen-bond acceptors (Lipinski definition) is 5. The highest BCUT2D eigenvalue weighted by Crippen LogP contribution is 2.16. The fourth-order valence-electron chi connectivity index (χ4n) is 2.68. The highest BCUT2D eigenvalue weighted by molar-refractivity contribution is 5.92. The first-order valence-corrected chi connectivity index (χ1v) is 8.69. The van der Waals surface area contributed by atoms with Gasteiger partial charge in [0.15, 0.2) is 5.69 Å². The molecule has 27 heavy (non-hydrogen) atoms. The van der Waals surface area contributed by atoms with E-state index in [1.165, 1.54) is 5.56 Å². The minimum absolute atomic E-state index is 0.269. The SMILES string of the molecule is COc1ccccc1CNC(=O)c1ccc(NCc2cccc(C)c2)nn1. The largest absolute Gasteiger partial charge is 0.496 e. The van der Waals surface area contributed by atoms with Gasteiger partial charge in [-0.1, -0.05) is 48.0 Å². The lowest BCUT2D eigenvalue weighted by Crippen LogP contribution is -2.24. The molecule has 0 saturated carbocycles. The van der Waals surface area contributed by atoms with Gasteiger partial charge in [0, 0.05) is 18.7 Å². The number of nitrogens with zero attached hydrogens (tertiary/aromatic N) is 2. The van der Waals surface area contributed by atoms with Gasteiger partial charge >= 0.3 is 0 Å². The Labute approximate surface area is 158 Å². The first-order valence-electron chi connectivity index (χ1n) is 8.69. The molecule has 1 heterocycles. The number of aryl methyl sites for hydroxylation is 1. The maximum absolute atomic E-state index is 12.3. The van der Waals surface area contributed by atoms with Crippen molar-refractivity contribution in [3.8, 4) is 5.75 Å². The molecule has 2 N–H and O–H groups in total. The van der Waals surface area contributed by atoms with Crippen LogP contribution in [0, 0.1) is 6.92 Å². The summed E-state index contributed by atoms with van der Waals surface area (Å²) in [5, 5.41) is 14.1. The topological polar surface area (TPSA) is 76.1 Å². The van der Waals surface area contributed by atoms with Gasteiger partial charge in [-0.2, -0.15) is 0 Å². The summed E-state index contributed by atoms with van der Waals surface area (Å²) in [7, 11) is 1.61. The van der Waals surface area contributed by atoms with Crippen molar-refractivity contribution in [1.29, 1.82) is 0 Å². The number of rotatable bonds is 7. The van der Waals surface area contributed by atoms with Gasteiger partial charge in [-0.25, -0.2) is 0 Å². The van der Waals surface area contributed by atoms with E-state index in [0.717, 1.165) is 16.9 Å². The minimum atomic E-state index is -0.279. The summed E-state index contributed by atoms with van der Waals surface area (Å²) in [6.45, 7) is 3.06. The molecule has 3 rings (SSSR count). The lowest BCUT2D eigenvalue weighted by molar-refractivity contribution is 0.0944. The van der Waals surface area contributed by atoms with E-state index in [4.69, 9.17) is 4.74 Å². The fraction of sp³-hybridized carbons (Fsp3) is 0.190. The minimum Gasteiger partial charge on any atom is -0.496 e. The zero-order valence-electron chi connectivity index (χ0n) is 15.4. The Morgan fingerprint density at radius 1 is 1.00 bits per heavy atom. The van der Waals surface area contributed by atoms with Crippen molar-refractivity contribution in [1.82, 2.24) is 15.5 Å². The number of nitrogens with one attached hydrogen (secondary N) is 2. The van der Waals surface area contributed by atoms with Crippen LogP contribution in [-0.2, 0) is 13.1 Å². The molecule has 0 unspecified atom stereocenters. The number of ether oxygens (including phenoxy) is 1. The Balaban J connectivity index is 1.55. The summed E-state index contributed by atoms with van der Waals surface area (Å²) < 4.78 is 5.28. The van der Waals surface area contributed by atoms with Crippen LogP contribution in [0.4, 0.5) is 5.82 Å². The number of carbonyl (C=O) groups excluding carboxylic acids is 1. The van der Waals surface area contributed by atoms with Crippen LogP contribution in [0.5, 0.6) is 5.75 Å². The molecule has 6 nitrogen and oxygen atoms in total. The summed E-state index contributed by atoms with van der Waals surface area (Å²) >= 11 is 0. The fourth-order valence-corrected chi connectivity index (χ4v) is 2.68. The molecule has 6 heteroatoms. The molecule has 3 aromatic rings. The third-order valence-electron chi connectivity index (χ3n) is 4.09. The van der Waals surface area contributed by atoms with Crippen molar-refractivity contribution in [3.05, 3.63) is 83.0 Å². The summed E-state index contributed by atoms with van der Waals surface area (Å²) in [6.07, 6.45) is 0. The van der Waals surface area contributed by atoms with Gasteiger partial charge in [0.05, 0.1) is 7.11 Å². The lowest BCUT2D eigenvalue weighted by atomic mass is 10.1. The predicted octanol–water partition coefficient (Wildman–Crippen LogP) is 3.34. The number of methoxy groups -OCH3 is 1. The molecule has 0 aliphatic heterocycles. The number of carbonyl (C=O) groups is 1. The van der Waals surface area contributed by atoms with Crippen LogP contribution >= 0.6 is 0 Å². The molecule has 138 valence electrons. The van der Waals surface area contributed by atoms with Crippen LogP contribution in [0.25, 0.3) is 0 Å². The Bertz CT molecular complexity index is 910. The highest BCUT2D eigenvalue weighted by atomic mass is 16.5. The standard InChI is InChI=1S/C21H22N4O2/c1-15-6-5-7-16(12-15)13-22-20-11-10-18(24-25-20)21(26)23-14-17-8-3-4-9-19(17)27-2/h3-12H,13-14H2,1-2H3,(H,22,25)(H,23,26). The second kappa shape index (κ2) is 8.80. The van der Waals surface area contributed by atoms with Gasteiger partial charge in [-0.05, 0) is 30.7 Å². The number of anilines is 1. The van der Waals surface area contributed by atoms with Crippen LogP contribution in [-0.4, -0.2) is 23.2 Å². The Morgan fingerprint density at radius 2 is 1.85 bits per heavy atom. The van der Waals surface area contributed by atoms with Crippen molar-refractivity contribution >= 4 is 11.7 Å². The molecular weight excluding hydrogens is 340 g/mol. The Hall–Kier alpha value is -3.41. The monoisotopic (exact) mass is 362 g/mol. The van der Waals surface area contributed by atoms with Crippen LogP contribution in [0.15, 0.2) is 60.7 Å². The Kier molecular flexibility index (Phi) is 5.99. The molecule has 1 aromatic heterocycles. The molecule has 0 atom stereocenters. The normalized spacial score (nSPS) is 10.3. The second-order valence-electron chi connectivity index (χ2n) is 6.14. The van der Waals surface area contributed by atoms with Crippen molar-refractivity contribution in [3.63, 3.8) is 0 Å². The Morgan fingerprint density at radius 3 is 2.59 bits per heavy atom. The molecule has 0 fully saturated rings. The van der Waals surface area contributed by atoms with Gasteiger partial charge in [-0.3, -0.25) is 4.79 Å². The average molecular weight is 362 g/mol. The van der Waals surface area contributed by atoms with Gasteiger partial charge in [0.2, 0.25) is 0 Å². The molecule has 2 aromatic carbocycles. The van der Waals surface area contributed by atoms with E-state index in [0.29, 0.717) is 18.9 Å². The number of benzene rings is 2. The molecule has 0 aliphatic carbocycles. The van der Waals surface area contributed by atoms with E-state index in [2.05, 4.69) is 39.9 Å². The molecule has 0 bridgehead atoms. The van der Waals surface area contributed by atoms with Gasteiger partial charge < -0.3 is 15.4 Å². The summed E-state index contributed by atoms with van der Waals surface area (Å²) in [4.78, 5) is 12.3. The van der Waals surface area contributed by atoms with E-state index in [1.807, 2.05) is 36.4 Å². The van der Waals surface area contributed by atoms with Crippen molar-refractivity contribution in [2.45, 2.75) is 20.0 Å². The number of para-hydroxylation sites is 1. The maximum Gasteiger partial charge on any atom is 0.272 e. The molecule has 0 saturated heterocycles. The van der Waals surface area contributed by atoms with E-state index in [9.17, 15) is 4.79 Å². The third kappa shape index (κ3) is 5.04. The van der Waals surface area contributed by atoms with E-state index < -0.39 is 0 Å². The summed E-state index contributed by atoms with van der Waals surface area (Å²) in [6, 6.07) is 19.2. The maximum atomic E-state index is 12.3. The molecule has 0 spiro atoms. The van der Waals surface area contributed by atoms with Crippen LogP contribution in [0.2, 0.25) is 0 Å². The number of amides is 1. The molecule has 0 radical (unpaired) electrons. The number of aromatic nitrogens is 2. The number of hydrogen-bond donors (Lipinski definition) is 2. The quantitative estimate of drug-likeness (QED) is 0.674. The zero-order chi connectivity index (χ0) is 19.1. The van der Waals surface area contributed by atoms with Crippen molar-refractivity contribution in [2.24, 2.45) is 0 Å². The molecule has 0 aliphatic rings. The molecule has 1 amide bonds. The van der Waals surface area contributed by atoms with E-state index in [1.54, 1.807) is 19.2 Å². The van der Waals surface area contributed by atoms with Gasteiger partial charge in [-0.15, -0.1) is 10.2 Å². The van der Waals surface area contributed by atoms with Crippen LogP contribution < -0.4 is 15.4 Å². The summed E-state index contributed by atoms with van der Waals surface area (Å²) in [5.41, 5.74) is 3.54. The smallest absolute Gasteiger partial charge is 0.272 e. The van der Waals surface area contributed by atoms with Crippen molar-refractivity contribution < 1.29 is 9.53 Å².